The van der Waals surface area contributed by atoms with Crippen molar-refractivity contribution in [2.24, 2.45) is 0 Å². The van der Waals surface area contributed by atoms with E-state index in [4.69, 9.17) is 4.52 Å². The Hall–Kier alpha value is -1.75. The van der Waals surface area contributed by atoms with Crippen molar-refractivity contribution in [1.82, 2.24) is 20.4 Å². The average molecular weight is 246 g/mol. The van der Waals surface area contributed by atoms with Crippen LogP contribution in [0.1, 0.15) is 37.0 Å². The highest BCUT2D eigenvalue weighted by molar-refractivity contribution is 5.14. The smallest absolute Gasteiger partial charge is 0.230 e. The summed E-state index contributed by atoms with van der Waals surface area (Å²) in [4.78, 5) is 8.40. The summed E-state index contributed by atoms with van der Waals surface area (Å²) in [6.45, 7) is 5.96. The van der Waals surface area contributed by atoms with Crippen molar-refractivity contribution in [1.29, 1.82) is 0 Å². The van der Waals surface area contributed by atoms with Crippen LogP contribution in [0.2, 0.25) is 0 Å². The molecule has 2 rings (SSSR count). The van der Waals surface area contributed by atoms with Crippen molar-refractivity contribution in [3.8, 4) is 0 Å². The van der Waals surface area contributed by atoms with Crippen LogP contribution < -0.4 is 5.32 Å². The molecule has 0 spiro atoms. The topological polar surface area (TPSA) is 63.8 Å². The van der Waals surface area contributed by atoms with Gasteiger partial charge < -0.3 is 9.84 Å². The van der Waals surface area contributed by atoms with Crippen molar-refractivity contribution in [3.63, 3.8) is 0 Å². The maximum atomic E-state index is 5.28. The third kappa shape index (κ3) is 3.37. The summed E-state index contributed by atoms with van der Waals surface area (Å²) >= 11 is 0. The molecule has 18 heavy (non-hydrogen) atoms. The molecule has 0 fully saturated rings. The Kier molecular flexibility index (Phi) is 4.41. The number of hydrogen-bond acceptors (Lipinski definition) is 5. The van der Waals surface area contributed by atoms with Crippen LogP contribution in [-0.4, -0.2) is 28.2 Å². The summed E-state index contributed by atoms with van der Waals surface area (Å²) in [6.07, 6.45) is 4.22. The molecule has 2 aromatic rings. The highest BCUT2D eigenvalue weighted by Crippen LogP contribution is 2.13. The SMILES string of the molecule is CCNCC(C)c1nc(Cc2ccncc2)no1. The Morgan fingerprint density at radius 1 is 1.33 bits per heavy atom. The number of pyridine rings is 1. The molecule has 0 aliphatic carbocycles. The first-order chi connectivity index (χ1) is 8.79. The lowest BCUT2D eigenvalue weighted by Crippen LogP contribution is -2.19. The predicted octanol–water partition coefficient (Wildman–Crippen LogP) is 1.77. The van der Waals surface area contributed by atoms with E-state index in [1.807, 2.05) is 12.1 Å². The fourth-order valence-corrected chi connectivity index (χ4v) is 1.67. The zero-order valence-corrected chi connectivity index (χ0v) is 10.8. The van der Waals surface area contributed by atoms with Gasteiger partial charge in [0.15, 0.2) is 5.82 Å². The van der Waals surface area contributed by atoms with Crippen molar-refractivity contribution in [2.75, 3.05) is 13.1 Å². The lowest BCUT2D eigenvalue weighted by Gasteiger charge is -2.05. The molecular formula is C13H18N4O. The molecule has 1 N–H and O–H groups in total. The van der Waals surface area contributed by atoms with E-state index in [9.17, 15) is 0 Å². The van der Waals surface area contributed by atoms with Gasteiger partial charge in [0, 0.05) is 31.3 Å². The second kappa shape index (κ2) is 6.26. The van der Waals surface area contributed by atoms with Gasteiger partial charge >= 0.3 is 0 Å². The Labute approximate surface area is 107 Å². The van der Waals surface area contributed by atoms with Crippen LogP contribution in [0.3, 0.4) is 0 Å². The fourth-order valence-electron chi connectivity index (χ4n) is 1.67. The van der Waals surface area contributed by atoms with Gasteiger partial charge in [0.05, 0.1) is 0 Å². The molecule has 96 valence electrons. The Bertz CT molecular complexity index is 469. The number of nitrogens with one attached hydrogen (secondary N) is 1. The molecule has 0 saturated carbocycles. The van der Waals surface area contributed by atoms with E-state index in [1.165, 1.54) is 0 Å². The molecular weight excluding hydrogens is 228 g/mol. The summed E-state index contributed by atoms with van der Waals surface area (Å²) in [6, 6.07) is 3.91. The quantitative estimate of drug-likeness (QED) is 0.841. The van der Waals surface area contributed by atoms with Crippen LogP contribution in [0, 0.1) is 0 Å². The van der Waals surface area contributed by atoms with Crippen molar-refractivity contribution >= 4 is 0 Å². The van der Waals surface area contributed by atoms with Gasteiger partial charge in [-0.1, -0.05) is 19.0 Å². The van der Waals surface area contributed by atoms with Gasteiger partial charge in [0.1, 0.15) is 0 Å². The van der Waals surface area contributed by atoms with Gasteiger partial charge in [0.2, 0.25) is 5.89 Å². The number of rotatable bonds is 6. The Balaban J connectivity index is 1.98. The maximum absolute atomic E-state index is 5.28. The van der Waals surface area contributed by atoms with Crippen molar-refractivity contribution in [2.45, 2.75) is 26.2 Å². The summed E-state index contributed by atoms with van der Waals surface area (Å²) in [7, 11) is 0. The van der Waals surface area contributed by atoms with E-state index < -0.39 is 0 Å². The molecule has 2 aromatic heterocycles. The van der Waals surface area contributed by atoms with Gasteiger partial charge in [0.25, 0.3) is 0 Å². The average Bonchev–Trinajstić information content (AvgIpc) is 2.86. The minimum atomic E-state index is 0.239. The van der Waals surface area contributed by atoms with Gasteiger partial charge in [-0.05, 0) is 24.2 Å². The van der Waals surface area contributed by atoms with E-state index in [1.54, 1.807) is 12.4 Å². The molecule has 0 radical (unpaired) electrons. The molecule has 0 amide bonds. The molecule has 5 heteroatoms. The summed E-state index contributed by atoms with van der Waals surface area (Å²) in [5.74, 6) is 1.66. The normalized spacial score (nSPS) is 12.6. The van der Waals surface area contributed by atoms with Crippen LogP contribution in [-0.2, 0) is 6.42 Å². The third-order valence-electron chi connectivity index (χ3n) is 2.72. The van der Waals surface area contributed by atoms with Gasteiger partial charge in [-0.2, -0.15) is 4.98 Å². The molecule has 0 aliphatic heterocycles. The largest absolute Gasteiger partial charge is 0.339 e. The van der Waals surface area contributed by atoms with E-state index in [2.05, 4.69) is 34.3 Å². The van der Waals surface area contributed by atoms with E-state index >= 15 is 0 Å². The first-order valence-electron chi connectivity index (χ1n) is 6.21. The molecule has 1 unspecified atom stereocenters. The standard InChI is InChI=1S/C13H18N4O/c1-3-14-9-10(2)13-16-12(17-18-13)8-11-4-6-15-7-5-11/h4-7,10,14H,3,8-9H2,1-2H3. The van der Waals surface area contributed by atoms with Crippen LogP contribution in [0.5, 0.6) is 0 Å². The lowest BCUT2D eigenvalue weighted by molar-refractivity contribution is 0.352. The Morgan fingerprint density at radius 2 is 2.11 bits per heavy atom. The minimum absolute atomic E-state index is 0.239. The summed E-state index contributed by atoms with van der Waals surface area (Å²) < 4.78 is 5.28. The van der Waals surface area contributed by atoms with Gasteiger partial charge in [-0.25, -0.2) is 0 Å². The summed E-state index contributed by atoms with van der Waals surface area (Å²) in [5.41, 5.74) is 1.14. The van der Waals surface area contributed by atoms with Crippen LogP contribution in [0.15, 0.2) is 29.0 Å². The van der Waals surface area contributed by atoms with E-state index in [0.717, 1.165) is 24.5 Å². The molecule has 5 nitrogen and oxygen atoms in total. The van der Waals surface area contributed by atoms with Crippen LogP contribution >= 0.6 is 0 Å². The minimum Gasteiger partial charge on any atom is -0.339 e. The highest BCUT2D eigenvalue weighted by atomic mass is 16.5. The molecule has 1 atom stereocenters. The first-order valence-corrected chi connectivity index (χ1v) is 6.21. The van der Waals surface area contributed by atoms with Crippen molar-refractivity contribution < 1.29 is 4.52 Å². The zero-order chi connectivity index (χ0) is 12.8. The zero-order valence-electron chi connectivity index (χ0n) is 10.8. The number of aromatic nitrogens is 3. The molecule has 0 saturated heterocycles. The molecule has 0 aromatic carbocycles. The first kappa shape index (κ1) is 12.7. The monoisotopic (exact) mass is 246 g/mol. The van der Waals surface area contributed by atoms with E-state index in [-0.39, 0.29) is 5.92 Å². The fraction of sp³-hybridized carbons (Fsp3) is 0.462. The number of hydrogen-bond donors (Lipinski definition) is 1. The van der Waals surface area contributed by atoms with Gasteiger partial charge in [-0.15, -0.1) is 0 Å². The van der Waals surface area contributed by atoms with Crippen molar-refractivity contribution in [3.05, 3.63) is 41.8 Å². The maximum Gasteiger partial charge on any atom is 0.230 e. The predicted molar refractivity (Wildman–Crippen MR) is 68.3 cm³/mol. The molecule has 2 heterocycles. The summed E-state index contributed by atoms with van der Waals surface area (Å²) in [5, 5.41) is 7.28. The molecule has 0 aliphatic rings. The third-order valence-corrected chi connectivity index (χ3v) is 2.72. The second-order valence-electron chi connectivity index (χ2n) is 4.29. The van der Waals surface area contributed by atoms with E-state index in [0.29, 0.717) is 12.3 Å². The highest BCUT2D eigenvalue weighted by Gasteiger charge is 2.13. The second-order valence-corrected chi connectivity index (χ2v) is 4.29. The molecule has 0 bridgehead atoms. The van der Waals surface area contributed by atoms with Crippen LogP contribution in [0.4, 0.5) is 0 Å². The Morgan fingerprint density at radius 3 is 2.83 bits per heavy atom. The number of nitrogens with zero attached hydrogens (tertiary/aromatic N) is 3. The van der Waals surface area contributed by atoms with Crippen LogP contribution in [0.25, 0.3) is 0 Å². The lowest BCUT2D eigenvalue weighted by atomic mass is 10.1. The van der Waals surface area contributed by atoms with Gasteiger partial charge in [-0.3, -0.25) is 4.98 Å². The number of likely N-dealkylation sites (N-methyl/N-ethyl adjacent to an activating group) is 1.